The van der Waals surface area contributed by atoms with Crippen molar-refractivity contribution in [3.8, 4) is 0 Å². The molecule has 4 nitrogen and oxygen atoms in total. The Hall–Kier alpha value is -0.900. The molecule has 0 heterocycles. The molecule has 4 heteroatoms. The Kier molecular flexibility index (Phi) is 6.12. The maximum absolute atomic E-state index is 11.2. The third-order valence-electron chi connectivity index (χ3n) is 1.86. The molecule has 82 valence electrons. The van der Waals surface area contributed by atoms with Crippen LogP contribution in [0.2, 0.25) is 0 Å². The number of carboxylic acids is 1. The smallest absolute Gasteiger partial charge is 0.320 e. The number of Topliss-reactive ketones (excluding diaryl/α,β-unsaturated/α-hetero) is 1. The summed E-state index contributed by atoms with van der Waals surface area (Å²) >= 11 is 0. The zero-order valence-electron chi connectivity index (χ0n) is 9.04. The Labute approximate surface area is 84.7 Å². The molecule has 0 radical (unpaired) electrons. The van der Waals surface area contributed by atoms with E-state index in [-0.39, 0.29) is 5.78 Å². The van der Waals surface area contributed by atoms with E-state index < -0.39 is 12.0 Å². The SMILES string of the molecule is CC(C)CC(=O)CCN[C@@H](C)C(=O)O. The average Bonchev–Trinajstić information content (AvgIpc) is 2.02. The maximum atomic E-state index is 11.2. The first kappa shape index (κ1) is 13.1. The molecule has 0 saturated heterocycles. The topological polar surface area (TPSA) is 66.4 Å². The highest BCUT2D eigenvalue weighted by atomic mass is 16.4. The second-order valence-electron chi connectivity index (χ2n) is 3.90. The Morgan fingerprint density at radius 2 is 1.86 bits per heavy atom. The molecule has 0 bridgehead atoms. The molecule has 0 spiro atoms. The van der Waals surface area contributed by atoms with Crippen LogP contribution in [0.3, 0.4) is 0 Å². The summed E-state index contributed by atoms with van der Waals surface area (Å²) in [5.74, 6) is -0.328. The Bertz CT molecular complexity index is 202. The number of carboxylic acid groups (broad SMARTS) is 1. The molecule has 0 rings (SSSR count). The van der Waals surface area contributed by atoms with Crippen molar-refractivity contribution in [2.45, 2.75) is 39.7 Å². The normalized spacial score (nSPS) is 12.9. The number of carbonyl (C=O) groups excluding carboxylic acids is 1. The van der Waals surface area contributed by atoms with Gasteiger partial charge in [0.05, 0.1) is 0 Å². The van der Waals surface area contributed by atoms with Crippen LogP contribution in [0.25, 0.3) is 0 Å². The molecule has 0 aliphatic rings. The largest absolute Gasteiger partial charge is 0.480 e. The number of nitrogens with one attached hydrogen (secondary N) is 1. The molecule has 0 aliphatic heterocycles. The van der Waals surface area contributed by atoms with Crippen molar-refractivity contribution in [1.29, 1.82) is 0 Å². The molecular weight excluding hydrogens is 182 g/mol. The summed E-state index contributed by atoms with van der Waals surface area (Å²) in [5, 5.41) is 11.3. The highest BCUT2D eigenvalue weighted by molar-refractivity contribution is 5.79. The molecule has 0 aromatic heterocycles. The highest BCUT2D eigenvalue weighted by Gasteiger charge is 2.10. The standard InChI is InChI=1S/C10H19NO3/c1-7(2)6-9(12)4-5-11-8(3)10(13)14/h7-8,11H,4-6H2,1-3H3,(H,13,14)/t8-/m0/s1. The van der Waals surface area contributed by atoms with Crippen molar-refractivity contribution in [1.82, 2.24) is 5.32 Å². The molecule has 0 aliphatic carbocycles. The number of carbonyl (C=O) groups is 2. The van der Waals surface area contributed by atoms with Gasteiger partial charge in [-0.15, -0.1) is 0 Å². The quantitative estimate of drug-likeness (QED) is 0.646. The molecular formula is C10H19NO3. The van der Waals surface area contributed by atoms with Crippen LogP contribution in [0.15, 0.2) is 0 Å². The predicted molar refractivity (Wildman–Crippen MR) is 54.2 cm³/mol. The summed E-state index contributed by atoms with van der Waals surface area (Å²) in [6.45, 7) is 5.99. The predicted octanol–water partition coefficient (Wildman–Crippen LogP) is 1.05. The first-order valence-corrected chi connectivity index (χ1v) is 4.91. The van der Waals surface area contributed by atoms with Gasteiger partial charge in [0.1, 0.15) is 11.8 Å². The van der Waals surface area contributed by atoms with Crippen LogP contribution in [-0.4, -0.2) is 29.4 Å². The molecule has 14 heavy (non-hydrogen) atoms. The van der Waals surface area contributed by atoms with Gasteiger partial charge < -0.3 is 10.4 Å². The third kappa shape index (κ3) is 6.60. The first-order chi connectivity index (χ1) is 6.43. The summed E-state index contributed by atoms with van der Waals surface area (Å²) in [4.78, 5) is 21.6. The van der Waals surface area contributed by atoms with Gasteiger partial charge in [0.25, 0.3) is 0 Å². The van der Waals surface area contributed by atoms with E-state index in [2.05, 4.69) is 5.32 Å². The summed E-state index contributed by atoms with van der Waals surface area (Å²) in [7, 11) is 0. The van der Waals surface area contributed by atoms with E-state index in [1.54, 1.807) is 6.92 Å². The average molecular weight is 201 g/mol. The monoisotopic (exact) mass is 201 g/mol. The van der Waals surface area contributed by atoms with Crippen LogP contribution >= 0.6 is 0 Å². The van der Waals surface area contributed by atoms with Gasteiger partial charge in [-0.25, -0.2) is 0 Å². The number of hydrogen-bond donors (Lipinski definition) is 2. The van der Waals surface area contributed by atoms with Gasteiger partial charge in [-0.05, 0) is 12.8 Å². The second-order valence-corrected chi connectivity index (χ2v) is 3.90. The van der Waals surface area contributed by atoms with Gasteiger partial charge in [-0.2, -0.15) is 0 Å². The summed E-state index contributed by atoms with van der Waals surface area (Å²) < 4.78 is 0. The number of rotatable bonds is 7. The van der Waals surface area contributed by atoms with Gasteiger partial charge in [0, 0.05) is 19.4 Å². The van der Waals surface area contributed by atoms with Crippen molar-refractivity contribution in [3.05, 3.63) is 0 Å². The van der Waals surface area contributed by atoms with Crippen LogP contribution in [0, 0.1) is 5.92 Å². The minimum absolute atomic E-state index is 0.185. The molecule has 0 saturated carbocycles. The fourth-order valence-electron chi connectivity index (χ4n) is 1.07. The molecule has 0 amide bonds. The van der Waals surface area contributed by atoms with Gasteiger partial charge in [-0.3, -0.25) is 9.59 Å². The molecule has 0 unspecified atom stereocenters. The minimum Gasteiger partial charge on any atom is -0.480 e. The van der Waals surface area contributed by atoms with Crippen LogP contribution in [0.5, 0.6) is 0 Å². The second kappa shape index (κ2) is 6.54. The first-order valence-electron chi connectivity index (χ1n) is 4.91. The lowest BCUT2D eigenvalue weighted by molar-refractivity contribution is -0.139. The van der Waals surface area contributed by atoms with Gasteiger partial charge in [-0.1, -0.05) is 13.8 Å². The van der Waals surface area contributed by atoms with Gasteiger partial charge in [0.15, 0.2) is 0 Å². The van der Waals surface area contributed by atoms with Gasteiger partial charge >= 0.3 is 5.97 Å². The van der Waals surface area contributed by atoms with E-state index in [4.69, 9.17) is 5.11 Å². The lowest BCUT2D eigenvalue weighted by atomic mass is 10.1. The van der Waals surface area contributed by atoms with Gasteiger partial charge in [0.2, 0.25) is 0 Å². The van der Waals surface area contributed by atoms with Crippen LogP contribution < -0.4 is 5.32 Å². The minimum atomic E-state index is -0.888. The zero-order valence-corrected chi connectivity index (χ0v) is 9.04. The Morgan fingerprint density at radius 1 is 1.29 bits per heavy atom. The summed E-state index contributed by atoms with van der Waals surface area (Å²) in [6, 6.07) is -0.582. The van der Waals surface area contributed by atoms with Crippen molar-refractivity contribution < 1.29 is 14.7 Å². The lowest BCUT2D eigenvalue weighted by Crippen LogP contribution is -2.35. The summed E-state index contributed by atoms with van der Waals surface area (Å²) in [6.07, 6.45) is 0.985. The van der Waals surface area contributed by atoms with E-state index in [0.717, 1.165) is 0 Å². The number of hydrogen-bond acceptors (Lipinski definition) is 3. The van der Waals surface area contributed by atoms with Crippen molar-refractivity contribution in [2.24, 2.45) is 5.92 Å². The summed E-state index contributed by atoms with van der Waals surface area (Å²) in [5.41, 5.74) is 0. The van der Waals surface area contributed by atoms with Crippen molar-refractivity contribution in [2.75, 3.05) is 6.54 Å². The third-order valence-corrected chi connectivity index (χ3v) is 1.86. The maximum Gasteiger partial charge on any atom is 0.320 e. The molecule has 1 atom stereocenters. The Balaban J connectivity index is 3.54. The van der Waals surface area contributed by atoms with E-state index in [9.17, 15) is 9.59 Å². The van der Waals surface area contributed by atoms with E-state index >= 15 is 0 Å². The van der Waals surface area contributed by atoms with Crippen LogP contribution in [0.1, 0.15) is 33.6 Å². The zero-order chi connectivity index (χ0) is 11.1. The van der Waals surface area contributed by atoms with E-state index in [0.29, 0.717) is 25.3 Å². The van der Waals surface area contributed by atoms with E-state index in [1.165, 1.54) is 0 Å². The van der Waals surface area contributed by atoms with Crippen LogP contribution in [-0.2, 0) is 9.59 Å². The molecule has 2 N–H and O–H groups in total. The molecule has 0 aromatic rings. The fourth-order valence-corrected chi connectivity index (χ4v) is 1.07. The van der Waals surface area contributed by atoms with Crippen molar-refractivity contribution >= 4 is 11.8 Å². The van der Waals surface area contributed by atoms with Crippen LogP contribution in [0.4, 0.5) is 0 Å². The number of ketones is 1. The Morgan fingerprint density at radius 3 is 2.29 bits per heavy atom. The lowest BCUT2D eigenvalue weighted by Gasteiger charge is -2.08. The van der Waals surface area contributed by atoms with Crippen molar-refractivity contribution in [3.63, 3.8) is 0 Å². The molecule has 0 aromatic carbocycles. The van der Waals surface area contributed by atoms with E-state index in [1.807, 2.05) is 13.8 Å². The highest BCUT2D eigenvalue weighted by Crippen LogP contribution is 2.01. The molecule has 0 fully saturated rings. The number of aliphatic carboxylic acids is 1. The fraction of sp³-hybridized carbons (Fsp3) is 0.800.